The maximum atomic E-state index is 4.57. The van der Waals surface area contributed by atoms with E-state index < -0.39 is 0 Å². The third-order valence-corrected chi connectivity index (χ3v) is 4.58. The largest absolute Gasteiger partial charge is 0.402 e. The Morgan fingerprint density at radius 2 is 1.07 bits per heavy atom. The molecule has 1 aliphatic rings. The van der Waals surface area contributed by atoms with E-state index in [-0.39, 0.29) is 20.1 Å². The van der Waals surface area contributed by atoms with Crippen LogP contribution in [-0.2, 0) is 20.1 Å². The summed E-state index contributed by atoms with van der Waals surface area (Å²) in [7, 11) is 1.95. The van der Waals surface area contributed by atoms with Gasteiger partial charge >= 0.3 is 7.55 Å². The average molecular weight is 567 g/mol. The Kier molecular flexibility index (Phi) is 5.98. The van der Waals surface area contributed by atoms with Crippen molar-refractivity contribution in [2.24, 2.45) is 0 Å². The Hall–Kier alpha value is -3.35. The van der Waals surface area contributed by atoms with Crippen molar-refractivity contribution in [3.8, 4) is 22.5 Å². The van der Waals surface area contributed by atoms with Gasteiger partial charge in [-0.25, -0.2) is 9.97 Å². The minimum absolute atomic E-state index is 0. The van der Waals surface area contributed by atoms with Crippen LogP contribution in [0.3, 0.4) is 0 Å². The molecule has 0 atom stereocenters. The van der Waals surface area contributed by atoms with Gasteiger partial charge in [0, 0.05) is 68.4 Å². The van der Waals surface area contributed by atoms with Crippen molar-refractivity contribution in [1.82, 2.24) is 19.9 Å². The molecule has 0 aromatic carbocycles. The zero-order chi connectivity index (χ0) is 19.5. The van der Waals surface area contributed by atoms with Crippen LogP contribution in [0.15, 0.2) is 97.9 Å². The van der Waals surface area contributed by atoms with Crippen LogP contribution in [0, 0.1) is 0 Å². The van der Waals surface area contributed by atoms with E-state index in [9.17, 15) is 0 Å². The first-order chi connectivity index (χ1) is 14.4. The van der Waals surface area contributed by atoms with Crippen LogP contribution >= 0.6 is 0 Å². The summed E-state index contributed by atoms with van der Waals surface area (Å²) in [4.78, 5) is 21.8. The quantitative estimate of drug-likeness (QED) is 0.349. The third kappa shape index (κ3) is 4.15. The smallest absolute Gasteiger partial charge is 0.358 e. The molecule has 0 saturated heterocycles. The first kappa shape index (κ1) is 19.9. The normalized spacial score (nSPS) is 12.4. The molecule has 2 radical (unpaired) electrons. The van der Waals surface area contributed by atoms with Gasteiger partial charge in [0.25, 0.3) is 0 Å². The van der Waals surface area contributed by atoms with Crippen molar-refractivity contribution in [3.05, 3.63) is 97.9 Å². The van der Waals surface area contributed by atoms with Gasteiger partial charge in [0.2, 0.25) is 0 Å². The summed E-state index contributed by atoms with van der Waals surface area (Å²) in [5.41, 5.74) is 3.79. The summed E-state index contributed by atoms with van der Waals surface area (Å²) >= 11 is 0. The molecule has 5 rings (SSSR count). The summed E-state index contributed by atoms with van der Waals surface area (Å²) in [5, 5.41) is 0. The molecule has 0 aliphatic carbocycles. The summed E-state index contributed by atoms with van der Waals surface area (Å²) in [5.74, 6) is 1.65. The first-order valence-corrected chi connectivity index (χ1v) is 9.22. The second-order valence-electron chi connectivity index (χ2n) is 6.47. The number of nitrogens with zero attached hydrogens (tertiary/aromatic N) is 6. The molecule has 0 unspecified atom stereocenters. The summed E-state index contributed by atoms with van der Waals surface area (Å²) in [6.45, 7) is 0. The fraction of sp³-hybridized carbons (Fsp3) is 0. The predicted molar refractivity (Wildman–Crippen MR) is 115 cm³/mol. The van der Waals surface area contributed by atoms with Crippen LogP contribution in [-0.4, -0.2) is 27.5 Å². The number of anilines is 2. The zero-order valence-corrected chi connectivity index (χ0v) is 18.2. The van der Waals surface area contributed by atoms with Crippen LogP contribution in [0.4, 0.5) is 11.6 Å². The summed E-state index contributed by atoms with van der Waals surface area (Å²) in [6.07, 6.45) is 11.1. The number of aromatic nitrogens is 4. The van der Waals surface area contributed by atoms with E-state index in [4.69, 9.17) is 0 Å². The maximum Gasteiger partial charge on any atom is 0.402 e. The SMILES string of the molecule is [B]1N(c2ccc(-c3ccccn3)cn2)C=CN1c1ccc(-c2ccccn2)cn1.[Ir]. The summed E-state index contributed by atoms with van der Waals surface area (Å²) < 4.78 is 0. The molecule has 0 bridgehead atoms. The number of hydrogen-bond acceptors (Lipinski definition) is 6. The van der Waals surface area contributed by atoms with Crippen molar-refractivity contribution in [2.45, 2.75) is 0 Å². The predicted octanol–water partition coefficient (Wildman–Crippen LogP) is 3.93. The molecule has 4 aromatic rings. The van der Waals surface area contributed by atoms with E-state index in [0.29, 0.717) is 0 Å². The Morgan fingerprint density at radius 3 is 1.43 bits per heavy atom. The molecule has 30 heavy (non-hydrogen) atoms. The van der Waals surface area contributed by atoms with Gasteiger partial charge in [0.05, 0.1) is 11.4 Å². The maximum absolute atomic E-state index is 4.57. The number of rotatable bonds is 4. The van der Waals surface area contributed by atoms with Crippen molar-refractivity contribution in [3.63, 3.8) is 0 Å². The topological polar surface area (TPSA) is 58.0 Å². The Bertz CT molecular complexity index is 1030. The zero-order valence-electron chi connectivity index (χ0n) is 15.8. The van der Waals surface area contributed by atoms with Gasteiger partial charge in [-0.3, -0.25) is 9.97 Å². The van der Waals surface area contributed by atoms with Crippen LogP contribution in [0.1, 0.15) is 0 Å². The van der Waals surface area contributed by atoms with Crippen LogP contribution in [0.2, 0.25) is 0 Å². The minimum Gasteiger partial charge on any atom is -0.358 e. The molecule has 0 amide bonds. The van der Waals surface area contributed by atoms with Crippen molar-refractivity contribution in [2.75, 3.05) is 9.62 Å². The van der Waals surface area contributed by atoms with E-state index in [1.807, 2.05) is 103 Å². The Morgan fingerprint density at radius 1 is 0.567 bits per heavy atom. The molecule has 5 heterocycles. The molecule has 0 N–H and O–H groups in total. The van der Waals surface area contributed by atoms with Gasteiger partial charge in [0.1, 0.15) is 11.6 Å². The molecule has 0 saturated carbocycles. The van der Waals surface area contributed by atoms with E-state index in [2.05, 4.69) is 19.9 Å². The monoisotopic (exact) mass is 568 g/mol. The third-order valence-electron chi connectivity index (χ3n) is 4.58. The van der Waals surface area contributed by atoms with Crippen LogP contribution in [0.25, 0.3) is 22.5 Å². The molecular weight excluding hydrogens is 551 g/mol. The Balaban J connectivity index is 0.00000218. The standard InChI is InChI=1S/C22H16BN6.Ir/c1-3-11-24-19(5-1)17-7-9-21(26-15-17)28-13-14-29(23-28)22-10-8-18(16-27-22)20-6-2-4-12-25-20;/h1-16H;. The van der Waals surface area contributed by atoms with Crippen molar-refractivity contribution >= 4 is 19.2 Å². The number of hydrogen-bond donors (Lipinski definition) is 0. The molecule has 146 valence electrons. The molecule has 6 nitrogen and oxygen atoms in total. The second-order valence-corrected chi connectivity index (χ2v) is 6.47. The molecular formula is C22H16BIrN6. The summed E-state index contributed by atoms with van der Waals surface area (Å²) in [6, 6.07) is 19.7. The van der Waals surface area contributed by atoms with E-state index in [1.54, 1.807) is 12.4 Å². The first-order valence-electron chi connectivity index (χ1n) is 9.22. The van der Waals surface area contributed by atoms with Gasteiger partial charge in [-0.1, -0.05) is 12.1 Å². The number of pyridine rings is 4. The molecule has 0 spiro atoms. The van der Waals surface area contributed by atoms with Gasteiger partial charge in [0.15, 0.2) is 0 Å². The van der Waals surface area contributed by atoms with E-state index >= 15 is 0 Å². The Labute approximate surface area is 189 Å². The van der Waals surface area contributed by atoms with Crippen molar-refractivity contribution < 1.29 is 20.1 Å². The average Bonchev–Trinajstić information content (AvgIpc) is 3.31. The second kappa shape index (κ2) is 8.99. The molecule has 1 aliphatic heterocycles. The molecule has 4 aromatic heterocycles. The van der Waals surface area contributed by atoms with Crippen molar-refractivity contribution in [1.29, 1.82) is 0 Å². The van der Waals surface area contributed by atoms with E-state index in [1.165, 1.54) is 0 Å². The minimum atomic E-state index is 0. The fourth-order valence-corrected chi connectivity index (χ4v) is 3.07. The van der Waals surface area contributed by atoms with Gasteiger partial charge < -0.3 is 9.62 Å². The molecule has 0 fully saturated rings. The van der Waals surface area contributed by atoms with Gasteiger partial charge in [-0.2, -0.15) is 0 Å². The van der Waals surface area contributed by atoms with Gasteiger partial charge in [-0.05, 0) is 48.5 Å². The fourth-order valence-electron chi connectivity index (χ4n) is 3.07. The van der Waals surface area contributed by atoms with Crippen LogP contribution < -0.4 is 9.62 Å². The van der Waals surface area contributed by atoms with E-state index in [0.717, 1.165) is 34.2 Å². The molecule has 8 heteroatoms. The van der Waals surface area contributed by atoms with Gasteiger partial charge in [-0.15, -0.1) is 0 Å². The van der Waals surface area contributed by atoms with Crippen LogP contribution in [0.5, 0.6) is 0 Å².